The van der Waals surface area contributed by atoms with Crippen molar-refractivity contribution in [1.82, 2.24) is 5.32 Å². The van der Waals surface area contributed by atoms with E-state index in [-0.39, 0.29) is 16.6 Å². The molecular weight excluding hydrogens is 380 g/mol. The highest BCUT2D eigenvalue weighted by Gasteiger charge is 2.10. The van der Waals surface area contributed by atoms with E-state index in [9.17, 15) is 9.59 Å². The van der Waals surface area contributed by atoms with Crippen LogP contribution in [-0.4, -0.2) is 22.1 Å². The number of aryl methyl sites for hydroxylation is 1. The third kappa shape index (κ3) is 4.61. The lowest BCUT2D eigenvalue weighted by Crippen LogP contribution is -2.34. The lowest BCUT2D eigenvalue weighted by Gasteiger charge is -2.12. The van der Waals surface area contributed by atoms with Crippen molar-refractivity contribution >= 4 is 50.8 Å². The molecule has 2 rings (SSSR count). The van der Waals surface area contributed by atoms with Gasteiger partial charge in [-0.1, -0.05) is 15.9 Å². The van der Waals surface area contributed by atoms with Gasteiger partial charge in [0.05, 0.1) is 5.56 Å². The molecule has 0 aromatic heterocycles. The van der Waals surface area contributed by atoms with Crippen LogP contribution in [0.5, 0.6) is 0 Å². The Hall–Kier alpha value is -2.25. The van der Waals surface area contributed by atoms with Gasteiger partial charge in [0.15, 0.2) is 5.11 Å². The molecule has 0 fully saturated rings. The maximum atomic E-state index is 12.1. The first kappa shape index (κ1) is 17.1. The molecule has 0 saturated heterocycles. The van der Waals surface area contributed by atoms with Crippen molar-refractivity contribution in [3.05, 3.63) is 63.6 Å². The molecule has 2 aromatic carbocycles. The quantitative estimate of drug-likeness (QED) is 0.695. The van der Waals surface area contributed by atoms with Crippen LogP contribution in [0.2, 0.25) is 0 Å². The number of anilines is 1. The standard InChI is InChI=1S/C16H13BrN2O3S/c1-9-8-11(15(21)22)4-7-13(9)18-16(23)19-14(20)10-2-5-12(17)6-3-10/h2-8H,1H3,(H,21,22)(H2,18,19,20,23). The highest BCUT2D eigenvalue weighted by atomic mass is 79.9. The predicted octanol–water partition coefficient (Wildman–Crippen LogP) is 3.58. The fraction of sp³-hybridized carbons (Fsp3) is 0.0625. The van der Waals surface area contributed by atoms with Gasteiger partial charge in [0.25, 0.3) is 5.91 Å². The summed E-state index contributed by atoms with van der Waals surface area (Å²) < 4.78 is 0.879. The minimum atomic E-state index is -0.995. The summed E-state index contributed by atoms with van der Waals surface area (Å²) >= 11 is 8.42. The second-order valence-electron chi connectivity index (χ2n) is 4.75. The molecule has 0 aliphatic carbocycles. The van der Waals surface area contributed by atoms with Crippen molar-refractivity contribution in [3.8, 4) is 0 Å². The van der Waals surface area contributed by atoms with Gasteiger partial charge in [0.2, 0.25) is 0 Å². The number of carbonyl (C=O) groups excluding carboxylic acids is 1. The van der Waals surface area contributed by atoms with Gasteiger partial charge in [-0.15, -0.1) is 0 Å². The SMILES string of the molecule is Cc1cc(C(=O)O)ccc1NC(=S)NC(=O)c1ccc(Br)cc1. The Morgan fingerprint density at radius 2 is 1.70 bits per heavy atom. The topological polar surface area (TPSA) is 78.4 Å². The van der Waals surface area contributed by atoms with Crippen molar-refractivity contribution in [2.24, 2.45) is 0 Å². The van der Waals surface area contributed by atoms with Gasteiger partial charge < -0.3 is 10.4 Å². The van der Waals surface area contributed by atoms with E-state index in [0.717, 1.165) is 4.47 Å². The van der Waals surface area contributed by atoms with Crippen LogP contribution in [0.1, 0.15) is 26.3 Å². The molecule has 0 heterocycles. The Kier molecular flexibility index (Phi) is 5.46. The van der Waals surface area contributed by atoms with E-state index in [0.29, 0.717) is 16.8 Å². The number of carboxylic acid groups (broad SMARTS) is 1. The van der Waals surface area contributed by atoms with E-state index in [2.05, 4.69) is 26.6 Å². The summed E-state index contributed by atoms with van der Waals surface area (Å²) in [4.78, 5) is 23.0. The summed E-state index contributed by atoms with van der Waals surface area (Å²) in [6.07, 6.45) is 0. The minimum Gasteiger partial charge on any atom is -0.478 e. The van der Waals surface area contributed by atoms with Gasteiger partial charge in [-0.2, -0.15) is 0 Å². The molecular formula is C16H13BrN2O3S. The number of benzene rings is 2. The van der Waals surface area contributed by atoms with Crippen molar-refractivity contribution in [2.45, 2.75) is 6.92 Å². The van der Waals surface area contributed by atoms with Crippen LogP contribution in [0.4, 0.5) is 5.69 Å². The van der Waals surface area contributed by atoms with E-state index in [1.54, 1.807) is 37.3 Å². The Labute approximate surface area is 146 Å². The molecule has 1 amide bonds. The molecule has 0 saturated carbocycles. The molecule has 0 atom stereocenters. The average Bonchev–Trinajstić information content (AvgIpc) is 2.49. The molecule has 3 N–H and O–H groups in total. The molecule has 0 aliphatic rings. The largest absolute Gasteiger partial charge is 0.478 e. The van der Waals surface area contributed by atoms with Gasteiger partial charge >= 0.3 is 5.97 Å². The van der Waals surface area contributed by atoms with Crippen molar-refractivity contribution in [2.75, 3.05) is 5.32 Å². The zero-order valence-corrected chi connectivity index (χ0v) is 14.5. The zero-order valence-electron chi connectivity index (χ0n) is 12.1. The number of rotatable bonds is 3. The fourth-order valence-corrected chi connectivity index (χ4v) is 2.33. The van der Waals surface area contributed by atoms with E-state index in [4.69, 9.17) is 17.3 Å². The minimum absolute atomic E-state index is 0.143. The Bertz CT molecular complexity index is 775. The lowest BCUT2D eigenvalue weighted by atomic mass is 10.1. The number of thiocarbonyl (C=S) groups is 1. The summed E-state index contributed by atoms with van der Waals surface area (Å²) in [5, 5.41) is 14.5. The number of aromatic carboxylic acids is 1. The molecule has 23 heavy (non-hydrogen) atoms. The monoisotopic (exact) mass is 392 g/mol. The molecule has 5 nitrogen and oxygen atoms in total. The molecule has 7 heteroatoms. The molecule has 0 aliphatic heterocycles. The molecule has 0 radical (unpaired) electrons. The van der Waals surface area contributed by atoms with Crippen LogP contribution in [0.3, 0.4) is 0 Å². The first-order valence-corrected chi connectivity index (χ1v) is 7.79. The molecule has 0 bridgehead atoms. The van der Waals surface area contributed by atoms with E-state index in [1.165, 1.54) is 12.1 Å². The summed E-state index contributed by atoms with van der Waals surface area (Å²) in [7, 11) is 0. The zero-order chi connectivity index (χ0) is 17.0. The van der Waals surface area contributed by atoms with Crippen molar-refractivity contribution < 1.29 is 14.7 Å². The molecule has 2 aromatic rings. The van der Waals surface area contributed by atoms with Gasteiger partial charge in [-0.25, -0.2) is 4.79 Å². The van der Waals surface area contributed by atoms with Crippen LogP contribution in [-0.2, 0) is 0 Å². The second-order valence-corrected chi connectivity index (χ2v) is 6.07. The third-order valence-corrected chi connectivity index (χ3v) is 3.79. The van der Waals surface area contributed by atoms with Gasteiger partial charge in [-0.3, -0.25) is 10.1 Å². The molecule has 118 valence electrons. The van der Waals surface area contributed by atoms with Crippen molar-refractivity contribution in [1.29, 1.82) is 0 Å². The van der Waals surface area contributed by atoms with Gasteiger partial charge in [0, 0.05) is 15.7 Å². The number of hydrogen-bond acceptors (Lipinski definition) is 3. The highest BCUT2D eigenvalue weighted by Crippen LogP contribution is 2.16. The van der Waals surface area contributed by atoms with E-state index < -0.39 is 5.97 Å². The number of hydrogen-bond donors (Lipinski definition) is 3. The summed E-state index contributed by atoms with van der Waals surface area (Å²) in [6.45, 7) is 1.76. The van der Waals surface area contributed by atoms with Crippen LogP contribution in [0.15, 0.2) is 46.9 Å². The molecule has 0 unspecified atom stereocenters. The number of halogens is 1. The molecule has 0 spiro atoms. The number of nitrogens with one attached hydrogen (secondary N) is 2. The maximum Gasteiger partial charge on any atom is 0.335 e. The predicted molar refractivity (Wildman–Crippen MR) is 96.0 cm³/mol. The van der Waals surface area contributed by atoms with E-state index >= 15 is 0 Å². The first-order valence-electron chi connectivity index (χ1n) is 6.58. The smallest absolute Gasteiger partial charge is 0.335 e. The fourth-order valence-electron chi connectivity index (χ4n) is 1.87. The van der Waals surface area contributed by atoms with Crippen LogP contribution in [0, 0.1) is 6.92 Å². The average molecular weight is 393 g/mol. The number of carbonyl (C=O) groups is 2. The summed E-state index contributed by atoms with van der Waals surface area (Å²) in [5.74, 6) is -1.32. The lowest BCUT2D eigenvalue weighted by molar-refractivity contribution is 0.0696. The number of carboxylic acids is 1. The first-order chi connectivity index (χ1) is 10.9. The van der Waals surface area contributed by atoms with Crippen molar-refractivity contribution in [3.63, 3.8) is 0 Å². The maximum absolute atomic E-state index is 12.1. The highest BCUT2D eigenvalue weighted by molar-refractivity contribution is 9.10. The summed E-state index contributed by atoms with van der Waals surface area (Å²) in [6, 6.07) is 11.5. The number of amides is 1. The Morgan fingerprint density at radius 3 is 2.26 bits per heavy atom. The second kappa shape index (κ2) is 7.34. The third-order valence-electron chi connectivity index (χ3n) is 3.06. The van der Waals surface area contributed by atoms with E-state index in [1.807, 2.05) is 0 Å². The Balaban J connectivity index is 2.03. The summed E-state index contributed by atoms with van der Waals surface area (Å²) in [5.41, 5.74) is 2.02. The Morgan fingerprint density at radius 1 is 1.09 bits per heavy atom. The van der Waals surface area contributed by atoms with Crippen LogP contribution in [0.25, 0.3) is 0 Å². The van der Waals surface area contributed by atoms with Gasteiger partial charge in [0.1, 0.15) is 0 Å². The normalized spacial score (nSPS) is 10.0. The van der Waals surface area contributed by atoms with Crippen LogP contribution >= 0.6 is 28.1 Å². The van der Waals surface area contributed by atoms with Gasteiger partial charge in [-0.05, 0) is 67.2 Å². The van der Waals surface area contributed by atoms with Crippen LogP contribution < -0.4 is 10.6 Å².